The van der Waals surface area contributed by atoms with Gasteiger partial charge in [-0.2, -0.15) is 0 Å². The Bertz CT molecular complexity index is 896. The number of nitrogens with zero attached hydrogens (tertiary/aromatic N) is 1. The van der Waals surface area contributed by atoms with Crippen LogP contribution in [0.2, 0.25) is 0 Å². The molecule has 0 saturated carbocycles. The zero-order valence-electron chi connectivity index (χ0n) is 20.1. The van der Waals surface area contributed by atoms with Crippen molar-refractivity contribution < 1.29 is 14.3 Å². The zero-order chi connectivity index (χ0) is 22.8. The molecule has 0 spiro atoms. The molecule has 1 aliphatic heterocycles. The molecular formula is C27H37NO3. The number of methoxy groups -OCH3 is 2. The maximum atomic E-state index is 14.0. The van der Waals surface area contributed by atoms with Crippen molar-refractivity contribution in [3.8, 4) is 11.5 Å². The summed E-state index contributed by atoms with van der Waals surface area (Å²) in [5, 5.41) is 0. The largest absolute Gasteiger partial charge is 0.497 e. The molecule has 4 heteroatoms. The lowest BCUT2D eigenvalue weighted by atomic mass is 9.68. The second kappa shape index (κ2) is 9.33. The highest BCUT2D eigenvalue weighted by atomic mass is 16.5. The van der Waals surface area contributed by atoms with Crippen molar-refractivity contribution >= 4 is 5.91 Å². The fourth-order valence-electron chi connectivity index (χ4n) is 5.34. The lowest BCUT2D eigenvalue weighted by molar-refractivity contribution is -0.144. The van der Waals surface area contributed by atoms with Crippen molar-refractivity contribution in [3.63, 3.8) is 0 Å². The fraction of sp³-hybridized carbons (Fsp3) is 0.519. The molecule has 1 heterocycles. The second-order valence-electron chi connectivity index (χ2n) is 9.78. The van der Waals surface area contributed by atoms with Crippen molar-refractivity contribution in [2.45, 2.75) is 47.0 Å². The maximum absolute atomic E-state index is 14.0. The summed E-state index contributed by atoms with van der Waals surface area (Å²) in [5.41, 5.74) is 2.58. The van der Waals surface area contributed by atoms with Crippen LogP contribution in [0.5, 0.6) is 11.5 Å². The first-order valence-corrected chi connectivity index (χ1v) is 11.3. The van der Waals surface area contributed by atoms with Crippen LogP contribution in [0.1, 0.15) is 56.7 Å². The number of carbonyl (C=O) groups excluding carboxylic acids is 1. The minimum atomic E-state index is -0.648. The van der Waals surface area contributed by atoms with Gasteiger partial charge in [-0.3, -0.25) is 4.79 Å². The average molecular weight is 424 g/mol. The third kappa shape index (κ3) is 4.73. The Labute approximate surface area is 187 Å². The number of hydrogen-bond donors (Lipinski definition) is 0. The Balaban J connectivity index is 2.14. The van der Waals surface area contributed by atoms with Gasteiger partial charge < -0.3 is 14.4 Å². The molecule has 0 bridgehead atoms. The van der Waals surface area contributed by atoms with Crippen LogP contribution >= 0.6 is 0 Å². The van der Waals surface area contributed by atoms with Crippen LogP contribution in [0.15, 0.2) is 42.5 Å². The van der Waals surface area contributed by atoms with Crippen LogP contribution in [-0.2, 0) is 4.79 Å². The number of ether oxygens (including phenoxy) is 2. The first kappa shape index (κ1) is 23.2. The predicted molar refractivity (Wildman–Crippen MR) is 126 cm³/mol. The van der Waals surface area contributed by atoms with E-state index in [1.165, 1.54) is 6.42 Å². The molecule has 168 valence electrons. The van der Waals surface area contributed by atoms with Gasteiger partial charge in [0.1, 0.15) is 11.5 Å². The Morgan fingerprint density at radius 2 is 1.65 bits per heavy atom. The van der Waals surface area contributed by atoms with Crippen molar-refractivity contribution in [2.24, 2.45) is 17.3 Å². The van der Waals surface area contributed by atoms with Crippen LogP contribution in [-0.4, -0.2) is 38.1 Å². The van der Waals surface area contributed by atoms with E-state index in [4.69, 9.17) is 9.47 Å². The molecule has 3 unspecified atom stereocenters. The van der Waals surface area contributed by atoms with Crippen LogP contribution < -0.4 is 9.47 Å². The SMILES string of the molecule is COc1cc(C)c(C(c2ccccc2)C(C)(C)C(=O)N2CC(C)CC(C)C2)c(OC)c1. The molecule has 0 aromatic heterocycles. The van der Waals surface area contributed by atoms with E-state index < -0.39 is 5.41 Å². The van der Waals surface area contributed by atoms with E-state index in [0.717, 1.165) is 41.3 Å². The van der Waals surface area contributed by atoms with Gasteiger partial charge in [-0.25, -0.2) is 0 Å². The molecule has 4 nitrogen and oxygen atoms in total. The molecule has 31 heavy (non-hydrogen) atoms. The van der Waals surface area contributed by atoms with Gasteiger partial charge in [0.15, 0.2) is 0 Å². The van der Waals surface area contributed by atoms with Gasteiger partial charge >= 0.3 is 0 Å². The summed E-state index contributed by atoms with van der Waals surface area (Å²) in [6, 6.07) is 14.3. The summed E-state index contributed by atoms with van der Waals surface area (Å²) in [4.78, 5) is 16.1. The lowest BCUT2D eigenvalue weighted by Gasteiger charge is -2.43. The Morgan fingerprint density at radius 1 is 1.03 bits per heavy atom. The molecular weight excluding hydrogens is 386 g/mol. The quantitative estimate of drug-likeness (QED) is 0.600. The topological polar surface area (TPSA) is 38.8 Å². The van der Waals surface area contributed by atoms with E-state index >= 15 is 0 Å². The molecule has 3 atom stereocenters. The number of hydrogen-bond acceptors (Lipinski definition) is 3. The van der Waals surface area contributed by atoms with Gasteiger partial charge in [-0.05, 0) is 42.4 Å². The minimum Gasteiger partial charge on any atom is -0.497 e. The van der Waals surface area contributed by atoms with E-state index in [1.807, 2.05) is 30.3 Å². The van der Waals surface area contributed by atoms with E-state index in [2.05, 4.69) is 51.7 Å². The second-order valence-corrected chi connectivity index (χ2v) is 9.78. The van der Waals surface area contributed by atoms with Crippen LogP contribution in [0, 0.1) is 24.2 Å². The van der Waals surface area contributed by atoms with E-state index in [-0.39, 0.29) is 11.8 Å². The van der Waals surface area contributed by atoms with Crippen molar-refractivity contribution in [3.05, 3.63) is 59.2 Å². The predicted octanol–water partition coefficient (Wildman–Crippen LogP) is 5.67. The molecule has 0 aliphatic carbocycles. The molecule has 0 radical (unpaired) electrons. The van der Waals surface area contributed by atoms with Gasteiger partial charge in [-0.1, -0.05) is 58.0 Å². The van der Waals surface area contributed by atoms with Gasteiger partial charge in [0, 0.05) is 30.6 Å². The highest BCUT2D eigenvalue weighted by Gasteiger charge is 2.44. The summed E-state index contributed by atoms with van der Waals surface area (Å²) >= 11 is 0. The first-order valence-electron chi connectivity index (χ1n) is 11.3. The summed E-state index contributed by atoms with van der Waals surface area (Å²) in [7, 11) is 3.34. The fourth-order valence-corrected chi connectivity index (χ4v) is 5.34. The van der Waals surface area contributed by atoms with Gasteiger partial charge in [0.25, 0.3) is 0 Å². The molecule has 1 amide bonds. The number of rotatable bonds is 6. The molecule has 1 aliphatic rings. The molecule has 1 saturated heterocycles. The van der Waals surface area contributed by atoms with Crippen molar-refractivity contribution in [1.29, 1.82) is 0 Å². The van der Waals surface area contributed by atoms with E-state index in [0.29, 0.717) is 11.8 Å². The molecule has 1 fully saturated rings. The van der Waals surface area contributed by atoms with Gasteiger partial charge in [0.2, 0.25) is 5.91 Å². The number of benzene rings is 2. The number of amides is 1. The number of aryl methyl sites for hydroxylation is 1. The van der Waals surface area contributed by atoms with Crippen molar-refractivity contribution in [2.75, 3.05) is 27.3 Å². The summed E-state index contributed by atoms with van der Waals surface area (Å²) in [6.45, 7) is 12.4. The van der Waals surface area contributed by atoms with Gasteiger partial charge in [0.05, 0.1) is 19.6 Å². The number of piperidine rings is 1. The van der Waals surface area contributed by atoms with Crippen LogP contribution in [0.4, 0.5) is 0 Å². The normalized spacial score (nSPS) is 20.3. The van der Waals surface area contributed by atoms with Crippen molar-refractivity contribution in [1.82, 2.24) is 4.90 Å². The Kier molecular flexibility index (Phi) is 6.98. The minimum absolute atomic E-state index is 0.144. The Hall–Kier alpha value is -2.49. The third-order valence-electron chi connectivity index (χ3n) is 6.63. The van der Waals surface area contributed by atoms with Crippen LogP contribution in [0.3, 0.4) is 0 Å². The Morgan fingerprint density at radius 3 is 2.19 bits per heavy atom. The highest BCUT2D eigenvalue weighted by Crippen LogP contribution is 2.48. The number of likely N-dealkylation sites (tertiary alicyclic amines) is 1. The lowest BCUT2D eigenvalue weighted by Crippen LogP contribution is -2.50. The maximum Gasteiger partial charge on any atom is 0.229 e. The third-order valence-corrected chi connectivity index (χ3v) is 6.63. The summed E-state index contributed by atoms with van der Waals surface area (Å²) < 4.78 is 11.3. The number of carbonyl (C=O) groups is 1. The highest BCUT2D eigenvalue weighted by molar-refractivity contribution is 5.84. The smallest absolute Gasteiger partial charge is 0.229 e. The first-order chi connectivity index (χ1) is 14.7. The monoisotopic (exact) mass is 423 g/mol. The standard InChI is InChI=1S/C27H37NO3/c1-18-13-19(2)17-28(16-18)26(29)27(4,5)25(21-11-9-8-10-12-21)24-20(3)14-22(30-6)15-23(24)31-7/h8-12,14-15,18-19,25H,13,16-17H2,1-7H3. The summed E-state index contributed by atoms with van der Waals surface area (Å²) in [6.07, 6.45) is 1.18. The summed E-state index contributed by atoms with van der Waals surface area (Å²) in [5.74, 6) is 2.62. The molecule has 3 rings (SSSR count). The molecule has 0 N–H and O–H groups in total. The molecule has 2 aromatic carbocycles. The van der Waals surface area contributed by atoms with E-state index in [1.54, 1.807) is 14.2 Å². The van der Waals surface area contributed by atoms with Crippen LogP contribution in [0.25, 0.3) is 0 Å². The van der Waals surface area contributed by atoms with E-state index in [9.17, 15) is 4.79 Å². The molecule has 2 aromatic rings. The average Bonchev–Trinajstić information content (AvgIpc) is 2.74. The van der Waals surface area contributed by atoms with Gasteiger partial charge in [-0.15, -0.1) is 0 Å². The zero-order valence-corrected chi connectivity index (χ0v) is 20.1.